The number of carbonyl (C=O) groups excluding carboxylic acids is 1. The Balaban J connectivity index is 1.78. The second kappa shape index (κ2) is 8.20. The van der Waals surface area contributed by atoms with Gasteiger partial charge in [0.05, 0.1) is 18.4 Å². The molecule has 0 radical (unpaired) electrons. The molecule has 0 saturated heterocycles. The molecule has 150 valence electrons. The molecule has 1 amide bonds. The van der Waals surface area contributed by atoms with E-state index in [1.807, 2.05) is 36.4 Å². The van der Waals surface area contributed by atoms with Crippen molar-refractivity contribution in [3.05, 3.63) is 48.0 Å². The SMILES string of the molecule is O=C(O)C[C@H](NC(=O)C1CCCC(C(F)(F)F)C1)c1ccc2ccccc2c1. The Hall–Kier alpha value is -2.57. The summed E-state index contributed by atoms with van der Waals surface area (Å²) in [4.78, 5) is 23.9. The van der Waals surface area contributed by atoms with E-state index in [1.165, 1.54) is 0 Å². The van der Waals surface area contributed by atoms with Crippen LogP contribution in [0.5, 0.6) is 0 Å². The maximum atomic E-state index is 13.0. The number of benzene rings is 2. The van der Waals surface area contributed by atoms with E-state index in [0.717, 1.165) is 10.8 Å². The molecule has 1 saturated carbocycles. The van der Waals surface area contributed by atoms with Gasteiger partial charge in [-0.05, 0) is 41.7 Å². The monoisotopic (exact) mass is 393 g/mol. The highest BCUT2D eigenvalue weighted by atomic mass is 19.4. The molecule has 4 nitrogen and oxygen atoms in total. The summed E-state index contributed by atoms with van der Waals surface area (Å²) >= 11 is 0. The van der Waals surface area contributed by atoms with E-state index in [1.54, 1.807) is 6.07 Å². The second-order valence-corrected chi connectivity index (χ2v) is 7.37. The number of hydrogen-bond donors (Lipinski definition) is 2. The van der Waals surface area contributed by atoms with Crippen LogP contribution in [0.1, 0.15) is 43.7 Å². The van der Waals surface area contributed by atoms with Crippen molar-refractivity contribution in [2.24, 2.45) is 11.8 Å². The van der Waals surface area contributed by atoms with Crippen molar-refractivity contribution in [1.29, 1.82) is 0 Å². The zero-order valence-electron chi connectivity index (χ0n) is 15.2. The summed E-state index contributed by atoms with van der Waals surface area (Å²) in [5.41, 5.74) is 0.623. The van der Waals surface area contributed by atoms with Crippen LogP contribution in [-0.2, 0) is 9.59 Å². The summed E-state index contributed by atoms with van der Waals surface area (Å²) in [6.07, 6.45) is -4.13. The number of aliphatic carboxylic acids is 1. The smallest absolute Gasteiger partial charge is 0.391 e. The third-order valence-electron chi connectivity index (χ3n) is 5.38. The molecule has 0 spiro atoms. The van der Waals surface area contributed by atoms with Crippen molar-refractivity contribution >= 4 is 22.6 Å². The lowest BCUT2D eigenvalue weighted by Gasteiger charge is -2.31. The van der Waals surface area contributed by atoms with Crippen LogP contribution in [-0.4, -0.2) is 23.2 Å². The number of fused-ring (bicyclic) bond motifs is 1. The van der Waals surface area contributed by atoms with Crippen LogP contribution in [0.25, 0.3) is 10.8 Å². The molecule has 0 aromatic heterocycles. The number of amides is 1. The Kier molecular flexibility index (Phi) is 5.91. The number of hydrogen-bond acceptors (Lipinski definition) is 2. The minimum Gasteiger partial charge on any atom is -0.481 e. The fourth-order valence-electron chi connectivity index (χ4n) is 3.87. The first-order valence-electron chi connectivity index (χ1n) is 9.31. The molecule has 1 aliphatic rings. The molecule has 0 bridgehead atoms. The summed E-state index contributed by atoms with van der Waals surface area (Å²) in [7, 11) is 0. The topological polar surface area (TPSA) is 66.4 Å². The van der Waals surface area contributed by atoms with Crippen LogP contribution in [0.2, 0.25) is 0 Å². The number of carboxylic acid groups (broad SMARTS) is 1. The first kappa shape index (κ1) is 20.2. The van der Waals surface area contributed by atoms with Crippen LogP contribution in [0.15, 0.2) is 42.5 Å². The number of rotatable bonds is 5. The average Bonchev–Trinajstić information content (AvgIpc) is 2.66. The zero-order valence-corrected chi connectivity index (χ0v) is 15.2. The first-order chi connectivity index (χ1) is 13.2. The van der Waals surface area contributed by atoms with E-state index in [2.05, 4.69) is 5.32 Å². The highest BCUT2D eigenvalue weighted by Gasteiger charge is 2.43. The van der Waals surface area contributed by atoms with Crippen molar-refractivity contribution in [1.82, 2.24) is 5.32 Å². The molecule has 3 atom stereocenters. The zero-order chi connectivity index (χ0) is 20.3. The molecule has 1 aliphatic carbocycles. The summed E-state index contributed by atoms with van der Waals surface area (Å²) in [5.74, 6) is -3.82. The Bertz CT molecular complexity index is 865. The fraction of sp³-hybridized carbons (Fsp3) is 0.429. The van der Waals surface area contributed by atoms with Gasteiger partial charge in [0.2, 0.25) is 5.91 Å². The number of halogens is 3. The third kappa shape index (κ3) is 4.82. The van der Waals surface area contributed by atoms with Gasteiger partial charge >= 0.3 is 12.1 Å². The Labute approximate surface area is 160 Å². The van der Waals surface area contributed by atoms with Crippen molar-refractivity contribution in [3.8, 4) is 0 Å². The van der Waals surface area contributed by atoms with E-state index in [0.29, 0.717) is 18.4 Å². The molecule has 2 unspecified atom stereocenters. The first-order valence-corrected chi connectivity index (χ1v) is 9.31. The molecule has 2 aromatic rings. The quantitative estimate of drug-likeness (QED) is 0.764. The van der Waals surface area contributed by atoms with E-state index in [4.69, 9.17) is 0 Å². The standard InChI is InChI=1S/C21H22F3NO3/c22-21(23,24)17-7-3-6-16(11-17)20(28)25-18(12-19(26)27)15-9-8-13-4-1-2-5-14(13)10-15/h1-2,4-5,8-10,16-18H,3,6-7,11-12H2,(H,25,28)(H,26,27)/t16?,17?,18-/m0/s1. The molecule has 28 heavy (non-hydrogen) atoms. The maximum absolute atomic E-state index is 13.0. The fourth-order valence-corrected chi connectivity index (χ4v) is 3.87. The molecule has 0 heterocycles. The van der Waals surface area contributed by atoms with Gasteiger partial charge in [-0.25, -0.2) is 0 Å². The lowest BCUT2D eigenvalue weighted by Crippen LogP contribution is -2.39. The predicted molar refractivity (Wildman–Crippen MR) is 98.6 cm³/mol. The van der Waals surface area contributed by atoms with Gasteiger partial charge in [-0.3, -0.25) is 9.59 Å². The van der Waals surface area contributed by atoms with E-state index in [-0.39, 0.29) is 19.3 Å². The molecule has 2 aromatic carbocycles. The van der Waals surface area contributed by atoms with Crippen molar-refractivity contribution < 1.29 is 27.9 Å². The molecule has 1 fully saturated rings. The van der Waals surface area contributed by atoms with Crippen LogP contribution < -0.4 is 5.32 Å². The van der Waals surface area contributed by atoms with Crippen LogP contribution in [0.3, 0.4) is 0 Å². The van der Waals surface area contributed by atoms with Crippen molar-refractivity contribution in [2.45, 2.75) is 44.3 Å². The van der Waals surface area contributed by atoms with Gasteiger partial charge in [0.25, 0.3) is 0 Å². The van der Waals surface area contributed by atoms with Gasteiger partial charge in [0, 0.05) is 5.92 Å². The van der Waals surface area contributed by atoms with Gasteiger partial charge in [0.15, 0.2) is 0 Å². The largest absolute Gasteiger partial charge is 0.481 e. The molecule has 3 rings (SSSR count). The highest BCUT2D eigenvalue weighted by molar-refractivity contribution is 5.84. The van der Waals surface area contributed by atoms with Crippen molar-refractivity contribution in [2.75, 3.05) is 0 Å². The van der Waals surface area contributed by atoms with E-state index in [9.17, 15) is 27.9 Å². The van der Waals surface area contributed by atoms with E-state index >= 15 is 0 Å². The third-order valence-corrected chi connectivity index (χ3v) is 5.38. The van der Waals surface area contributed by atoms with Gasteiger partial charge in [-0.15, -0.1) is 0 Å². The normalized spacial score (nSPS) is 21.2. The summed E-state index contributed by atoms with van der Waals surface area (Å²) in [6.45, 7) is 0. The minimum absolute atomic E-state index is 0.0382. The van der Waals surface area contributed by atoms with E-state index < -0.39 is 35.9 Å². The number of alkyl halides is 3. The van der Waals surface area contributed by atoms with Gasteiger partial charge in [-0.2, -0.15) is 13.2 Å². The number of carboxylic acids is 1. The Morgan fingerprint density at radius 2 is 1.82 bits per heavy atom. The lowest BCUT2D eigenvalue weighted by atomic mass is 9.80. The average molecular weight is 393 g/mol. The van der Waals surface area contributed by atoms with Gasteiger partial charge < -0.3 is 10.4 Å². The summed E-state index contributed by atoms with van der Waals surface area (Å²) in [5, 5.41) is 13.8. The molecular weight excluding hydrogens is 371 g/mol. The predicted octanol–water partition coefficient (Wildman–Crippen LogP) is 4.84. The lowest BCUT2D eigenvalue weighted by molar-refractivity contribution is -0.186. The number of carbonyl (C=O) groups is 2. The maximum Gasteiger partial charge on any atom is 0.391 e. The molecule has 2 N–H and O–H groups in total. The van der Waals surface area contributed by atoms with Gasteiger partial charge in [-0.1, -0.05) is 42.8 Å². The molecule has 0 aliphatic heterocycles. The van der Waals surface area contributed by atoms with Crippen LogP contribution in [0, 0.1) is 11.8 Å². The molecular formula is C21H22F3NO3. The minimum atomic E-state index is -4.31. The van der Waals surface area contributed by atoms with Crippen molar-refractivity contribution in [3.63, 3.8) is 0 Å². The second-order valence-electron chi connectivity index (χ2n) is 7.37. The Morgan fingerprint density at radius 3 is 2.50 bits per heavy atom. The van der Waals surface area contributed by atoms with Gasteiger partial charge in [0.1, 0.15) is 0 Å². The highest BCUT2D eigenvalue weighted by Crippen LogP contribution is 2.40. The van der Waals surface area contributed by atoms with Crippen LogP contribution >= 0.6 is 0 Å². The molecule has 7 heteroatoms. The number of nitrogens with one attached hydrogen (secondary N) is 1. The Morgan fingerprint density at radius 1 is 1.11 bits per heavy atom. The van der Waals surface area contributed by atoms with Crippen LogP contribution in [0.4, 0.5) is 13.2 Å². The summed E-state index contributed by atoms with van der Waals surface area (Å²) < 4.78 is 39.0. The summed E-state index contributed by atoms with van der Waals surface area (Å²) in [6, 6.07) is 12.1.